The minimum Gasteiger partial charge on any atom is -0.380 e. The van der Waals surface area contributed by atoms with E-state index >= 15 is 0 Å². The fourth-order valence-corrected chi connectivity index (χ4v) is 12.1. The molecule has 0 amide bonds. The maximum absolute atomic E-state index is 5.70. The second-order valence-corrected chi connectivity index (χ2v) is 16.2. The molecule has 1 nitrogen and oxygen atoms in total. The summed E-state index contributed by atoms with van der Waals surface area (Å²) in [5.74, 6) is 6.63. The Balaban J connectivity index is 2.00. The van der Waals surface area contributed by atoms with E-state index in [1.54, 1.807) is 0 Å². The summed E-state index contributed by atoms with van der Waals surface area (Å²) in [4.78, 5) is 0. The topological polar surface area (TPSA) is 9.23 Å². The molecule has 2 saturated carbocycles. The molecule has 2 fully saturated rings. The Morgan fingerprint density at radius 1 is 1.00 bits per heavy atom. The molecule has 0 N–H and O–H groups in total. The van der Waals surface area contributed by atoms with Crippen LogP contribution >= 0.6 is 0 Å². The molecule has 4 atom stereocenters. The summed E-state index contributed by atoms with van der Waals surface area (Å²) in [6.07, 6.45) is 6.48. The quantitative estimate of drug-likeness (QED) is 0.325. The van der Waals surface area contributed by atoms with E-state index in [1.807, 2.05) is 7.11 Å². The zero-order valence-electron chi connectivity index (χ0n) is 20.2. The number of hydrogen-bond acceptors (Lipinski definition) is 1. The zero-order valence-corrected chi connectivity index (χ0v) is 21.2. The summed E-state index contributed by atoms with van der Waals surface area (Å²) in [7, 11) is 0.143. The zero-order chi connectivity index (χ0) is 21.9. The van der Waals surface area contributed by atoms with Gasteiger partial charge in [0, 0.05) is 13.0 Å². The number of hydrogen-bond donors (Lipinski definition) is 0. The second kappa shape index (κ2) is 9.88. The third-order valence-corrected chi connectivity index (χ3v) is 14.4. The second-order valence-electron chi connectivity index (χ2n) is 10.6. The SMILES string of the molecule is COC/C(=C\c1ccccc1)C1C(C#C[Si](C(C)C)(C(C)C)C(C)C)[C@@H]2CC[C@H]1C2. The van der Waals surface area contributed by atoms with Crippen LogP contribution in [-0.4, -0.2) is 21.8 Å². The first kappa shape index (κ1) is 23.4. The molecule has 2 unspecified atom stereocenters. The predicted octanol–water partition coefficient (Wildman–Crippen LogP) is 7.60. The van der Waals surface area contributed by atoms with E-state index in [2.05, 4.69) is 89.4 Å². The lowest BCUT2D eigenvalue weighted by atomic mass is 9.75. The molecule has 0 heterocycles. The lowest BCUT2D eigenvalue weighted by Crippen LogP contribution is -2.43. The number of methoxy groups -OCH3 is 1. The largest absolute Gasteiger partial charge is 0.380 e. The fourth-order valence-electron chi connectivity index (χ4n) is 6.84. The highest BCUT2D eigenvalue weighted by atomic mass is 28.3. The number of benzene rings is 1. The van der Waals surface area contributed by atoms with Crippen LogP contribution in [0.25, 0.3) is 6.08 Å². The van der Waals surface area contributed by atoms with Gasteiger partial charge in [-0.1, -0.05) is 78.0 Å². The van der Waals surface area contributed by atoms with Gasteiger partial charge < -0.3 is 4.74 Å². The van der Waals surface area contributed by atoms with Crippen LogP contribution in [0, 0.1) is 35.1 Å². The highest BCUT2D eigenvalue weighted by Crippen LogP contribution is 2.55. The maximum Gasteiger partial charge on any atom is 0.145 e. The molecule has 0 radical (unpaired) electrons. The normalized spacial score (nSPS) is 26.5. The van der Waals surface area contributed by atoms with E-state index < -0.39 is 8.07 Å². The first-order valence-electron chi connectivity index (χ1n) is 12.1. The summed E-state index contributed by atoms with van der Waals surface area (Å²) in [6.45, 7) is 15.3. The van der Waals surface area contributed by atoms with Crippen LogP contribution in [0.5, 0.6) is 0 Å². The van der Waals surface area contributed by atoms with Crippen LogP contribution in [0.1, 0.15) is 66.4 Å². The van der Waals surface area contributed by atoms with Crippen LogP contribution in [0.15, 0.2) is 35.9 Å². The summed E-state index contributed by atoms with van der Waals surface area (Å²) >= 11 is 0. The van der Waals surface area contributed by atoms with E-state index in [1.165, 1.54) is 30.4 Å². The van der Waals surface area contributed by atoms with Crippen molar-refractivity contribution in [3.63, 3.8) is 0 Å². The molecule has 0 aromatic heterocycles. The van der Waals surface area contributed by atoms with Crippen molar-refractivity contribution < 1.29 is 4.74 Å². The molecule has 3 rings (SSSR count). The van der Waals surface area contributed by atoms with Crippen LogP contribution < -0.4 is 0 Å². The molecule has 1 aromatic carbocycles. The Morgan fingerprint density at radius 2 is 1.60 bits per heavy atom. The molecule has 30 heavy (non-hydrogen) atoms. The van der Waals surface area contributed by atoms with E-state index in [0.717, 1.165) is 18.4 Å². The van der Waals surface area contributed by atoms with Crippen molar-refractivity contribution in [1.82, 2.24) is 0 Å². The molecule has 0 spiro atoms. The minimum atomic E-state index is -1.69. The van der Waals surface area contributed by atoms with Gasteiger partial charge in [0.2, 0.25) is 0 Å². The lowest BCUT2D eigenvalue weighted by molar-refractivity contribution is 0.199. The average molecular weight is 423 g/mol. The molecule has 0 aliphatic heterocycles. The van der Waals surface area contributed by atoms with Gasteiger partial charge in [0.25, 0.3) is 0 Å². The van der Waals surface area contributed by atoms with Crippen molar-refractivity contribution in [2.45, 2.75) is 77.4 Å². The van der Waals surface area contributed by atoms with Crippen LogP contribution in [-0.2, 0) is 4.74 Å². The van der Waals surface area contributed by atoms with E-state index in [4.69, 9.17) is 4.74 Å². The van der Waals surface area contributed by atoms with Gasteiger partial charge in [-0.15, -0.1) is 11.5 Å². The van der Waals surface area contributed by atoms with Crippen molar-refractivity contribution in [1.29, 1.82) is 0 Å². The van der Waals surface area contributed by atoms with Crippen molar-refractivity contribution >= 4 is 14.1 Å². The summed E-state index contributed by atoms with van der Waals surface area (Å²) in [5, 5.41) is 0. The smallest absolute Gasteiger partial charge is 0.145 e. The fraction of sp³-hybridized carbons (Fsp3) is 0.643. The van der Waals surface area contributed by atoms with E-state index in [9.17, 15) is 0 Å². The van der Waals surface area contributed by atoms with Gasteiger partial charge in [0.15, 0.2) is 0 Å². The summed E-state index contributed by atoms with van der Waals surface area (Å²) in [6, 6.07) is 10.8. The summed E-state index contributed by atoms with van der Waals surface area (Å²) in [5.41, 5.74) is 8.90. The Kier molecular flexibility index (Phi) is 7.69. The third-order valence-electron chi connectivity index (χ3n) is 8.13. The Hall–Kier alpha value is -1.30. The molecular weight excluding hydrogens is 380 g/mol. The monoisotopic (exact) mass is 422 g/mol. The Bertz CT molecular complexity index is 758. The van der Waals surface area contributed by atoms with Gasteiger partial charge in [-0.3, -0.25) is 0 Å². The molecule has 0 saturated heterocycles. The van der Waals surface area contributed by atoms with Crippen LogP contribution in [0.4, 0.5) is 0 Å². The van der Waals surface area contributed by atoms with Crippen molar-refractivity contribution in [2.24, 2.45) is 23.7 Å². The van der Waals surface area contributed by atoms with Crippen LogP contribution in [0.3, 0.4) is 0 Å². The lowest BCUT2D eigenvalue weighted by Gasteiger charge is -2.38. The van der Waals surface area contributed by atoms with Crippen molar-refractivity contribution in [3.05, 3.63) is 41.5 Å². The Morgan fingerprint density at radius 3 is 2.17 bits per heavy atom. The van der Waals surface area contributed by atoms with Gasteiger partial charge in [-0.05, 0) is 64.8 Å². The highest BCUT2D eigenvalue weighted by molar-refractivity contribution is 6.90. The van der Waals surface area contributed by atoms with E-state index in [-0.39, 0.29) is 0 Å². The highest BCUT2D eigenvalue weighted by Gasteiger charge is 2.49. The maximum atomic E-state index is 5.70. The molecular formula is C28H42OSi. The van der Waals surface area contributed by atoms with Gasteiger partial charge >= 0.3 is 0 Å². The first-order chi connectivity index (χ1) is 14.3. The van der Waals surface area contributed by atoms with Crippen LogP contribution in [0.2, 0.25) is 16.6 Å². The molecule has 2 aliphatic carbocycles. The molecule has 1 aromatic rings. The first-order valence-corrected chi connectivity index (χ1v) is 14.3. The number of fused-ring (bicyclic) bond motifs is 2. The van der Waals surface area contributed by atoms with Crippen molar-refractivity contribution in [2.75, 3.05) is 13.7 Å². The molecule has 2 bridgehead atoms. The predicted molar refractivity (Wildman–Crippen MR) is 133 cm³/mol. The molecule has 164 valence electrons. The van der Waals surface area contributed by atoms with Gasteiger partial charge in [0.1, 0.15) is 8.07 Å². The molecule has 2 aliphatic rings. The standard InChI is InChI=1S/C28H42OSi/c1-20(2)30(21(3)4,22(5)6)16-15-27-24-13-14-25(18-24)28(27)26(19-29-7)17-23-11-9-8-10-12-23/h8-12,17,20-22,24-25,27-28H,13-14,18-19H2,1-7H3/b26-17+/t24-,25+,27?,28?/m1/s1. The van der Waals surface area contributed by atoms with Gasteiger partial charge in [-0.2, -0.15) is 0 Å². The number of ether oxygens (including phenoxy) is 1. The molecule has 2 heteroatoms. The Labute approximate surface area is 186 Å². The van der Waals surface area contributed by atoms with Gasteiger partial charge in [-0.25, -0.2) is 0 Å². The van der Waals surface area contributed by atoms with E-state index in [0.29, 0.717) is 28.5 Å². The van der Waals surface area contributed by atoms with Gasteiger partial charge in [0.05, 0.1) is 6.61 Å². The van der Waals surface area contributed by atoms with Crippen molar-refractivity contribution in [3.8, 4) is 11.5 Å². The minimum absolute atomic E-state index is 0.511. The summed E-state index contributed by atoms with van der Waals surface area (Å²) < 4.78 is 5.70. The average Bonchev–Trinajstić information content (AvgIpc) is 3.30. The number of rotatable bonds is 7. The third kappa shape index (κ3) is 4.48.